The second-order valence-corrected chi connectivity index (χ2v) is 13.4. The van der Waals surface area contributed by atoms with E-state index in [1.54, 1.807) is 0 Å². The van der Waals surface area contributed by atoms with Crippen molar-refractivity contribution in [1.82, 2.24) is 19.5 Å². The number of benzene rings is 8. The third-order valence-electron chi connectivity index (χ3n) is 9.98. The fourth-order valence-corrected chi connectivity index (χ4v) is 7.25. The van der Waals surface area contributed by atoms with Gasteiger partial charge in [0.1, 0.15) is 0 Å². The molecule has 0 N–H and O–H groups in total. The standard InChI is InChI=1S/C51H34N4/c1-4-14-35(15-5-1)40-20-12-21-41(32-40)43-30-31-48-46(34-43)45-24-10-11-25-47(45)55(48)44-23-13-22-42(33-44)36-26-28-39(29-27-36)51-53-49(37-16-6-2-7-17-37)52-50(54-51)38-18-8-3-9-19-38/h1-34H/i10D,11D,24D,25D. The Morgan fingerprint density at radius 1 is 0.327 bits per heavy atom. The van der Waals surface area contributed by atoms with Crippen molar-refractivity contribution in [1.29, 1.82) is 0 Å². The van der Waals surface area contributed by atoms with Gasteiger partial charge in [-0.25, -0.2) is 15.0 Å². The largest absolute Gasteiger partial charge is 0.309 e. The molecule has 0 spiro atoms. The fraction of sp³-hybridized carbons (Fsp3) is 0. The molecule has 10 rings (SSSR count). The molecule has 0 fully saturated rings. The molecule has 0 aliphatic heterocycles. The molecule has 0 amide bonds. The van der Waals surface area contributed by atoms with E-state index in [4.69, 9.17) is 20.4 Å². The second-order valence-electron chi connectivity index (χ2n) is 13.4. The van der Waals surface area contributed by atoms with Crippen LogP contribution in [0.2, 0.25) is 0 Å². The molecule has 2 heterocycles. The molecule has 0 unspecified atom stereocenters. The minimum Gasteiger partial charge on any atom is -0.309 e. The number of aromatic nitrogens is 4. The van der Waals surface area contributed by atoms with Crippen LogP contribution in [0.4, 0.5) is 0 Å². The number of nitrogens with zero attached hydrogens (tertiary/aromatic N) is 4. The van der Waals surface area contributed by atoms with Crippen LogP contribution in [0.1, 0.15) is 5.48 Å². The van der Waals surface area contributed by atoms with Crippen LogP contribution in [0.15, 0.2) is 206 Å². The molecule has 0 saturated heterocycles. The van der Waals surface area contributed by atoms with E-state index < -0.39 is 0 Å². The molecule has 0 radical (unpaired) electrons. The van der Waals surface area contributed by atoms with Crippen molar-refractivity contribution in [3.8, 4) is 73.2 Å². The summed E-state index contributed by atoms with van der Waals surface area (Å²) < 4.78 is 37.4. The summed E-state index contributed by atoms with van der Waals surface area (Å²) in [4.78, 5) is 14.6. The first-order valence-electron chi connectivity index (χ1n) is 20.2. The zero-order valence-corrected chi connectivity index (χ0v) is 29.6. The van der Waals surface area contributed by atoms with Crippen molar-refractivity contribution < 1.29 is 5.48 Å². The summed E-state index contributed by atoms with van der Waals surface area (Å²) >= 11 is 0. The molecular weight excluding hydrogens is 669 g/mol. The third kappa shape index (κ3) is 6.16. The maximum atomic E-state index is 9.12. The third-order valence-corrected chi connectivity index (χ3v) is 9.98. The van der Waals surface area contributed by atoms with Crippen molar-refractivity contribution in [2.45, 2.75) is 0 Å². The summed E-state index contributed by atoms with van der Waals surface area (Å²) in [7, 11) is 0. The Labute approximate surface area is 325 Å². The Bertz CT molecular complexity index is 3130. The Morgan fingerprint density at radius 2 is 0.764 bits per heavy atom. The minimum absolute atomic E-state index is 0.0594. The summed E-state index contributed by atoms with van der Waals surface area (Å²) in [5, 5.41) is 1.25. The van der Waals surface area contributed by atoms with Crippen molar-refractivity contribution in [2.24, 2.45) is 0 Å². The van der Waals surface area contributed by atoms with Crippen LogP contribution < -0.4 is 0 Å². The lowest BCUT2D eigenvalue weighted by molar-refractivity contribution is 1.07. The van der Waals surface area contributed by atoms with Gasteiger partial charge in [0, 0.05) is 33.2 Å². The lowest BCUT2D eigenvalue weighted by Gasteiger charge is -2.12. The Morgan fingerprint density at radius 3 is 1.40 bits per heavy atom. The summed E-state index contributed by atoms with van der Waals surface area (Å²) in [6.45, 7) is 0. The molecule has 2 aromatic heterocycles. The van der Waals surface area contributed by atoms with Gasteiger partial charge < -0.3 is 4.57 Å². The first-order valence-corrected chi connectivity index (χ1v) is 18.2. The van der Waals surface area contributed by atoms with Gasteiger partial charge in [0.15, 0.2) is 17.5 Å². The van der Waals surface area contributed by atoms with Gasteiger partial charge >= 0.3 is 0 Å². The van der Waals surface area contributed by atoms with E-state index in [9.17, 15) is 0 Å². The smallest absolute Gasteiger partial charge is 0.164 e. The molecule has 10 aromatic rings. The first kappa shape index (κ1) is 28.1. The van der Waals surface area contributed by atoms with Crippen molar-refractivity contribution in [3.63, 3.8) is 0 Å². The highest BCUT2D eigenvalue weighted by Gasteiger charge is 2.15. The van der Waals surface area contributed by atoms with E-state index in [2.05, 4.69) is 60.7 Å². The molecule has 0 aliphatic carbocycles. The Balaban J connectivity index is 1.07. The SMILES string of the molecule is [2H]c1c([2H])c([2H])c2c(c1[2H])c1cc(-c3cccc(-c4ccccc4)c3)ccc1n2-c1cccc(-c2ccc(-c3nc(-c4ccccc4)nc(-c4ccccc4)n3)cc2)c1. The van der Waals surface area contributed by atoms with Crippen molar-refractivity contribution >= 4 is 21.8 Å². The van der Waals surface area contributed by atoms with Crippen LogP contribution in [-0.2, 0) is 0 Å². The minimum atomic E-state index is -0.266. The van der Waals surface area contributed by atoms with Crippen LogP contribution in [0.5, 0.6) is 0 Å². The average molecular weight is 707 g/mol. The highest BCUT2D eigenvalue weighted by atomic mass is 15.0. The van der Waals surface area contributed by atoms with Gasteiger partial charge in [0.25, 0.3) is 0 Å². The number of hydrogen-bond acceptors (Lipinski definition) is 3. The molecule has 0 atom stereocenters. The van der Waals surface area contributed by atoms with E-state index in [0.29, 0.717) is 28.4 Å². The zero-order valence-electron chi connectivity index (χ0n) is 33.6. The molecule has 258 valence electrons. The first-order chi connectivity index (χ1) is 28.9. The van der Waals surface area contributed by atoms with Crippen LogP contribution in [0.25, 0.3) is 95.0 Å². The highest BCUT2D eigenvalue weighted by Crippen LogP contribution is 2.37. The average Bonchev–Trinajstić information content (AvgIpc) is 3.66. The van der Waals surface area contributed by atoms with Crippen LogP contribution >= 0.6 is 0 Å². The molecule has 8 aromatic carbocycles. The lowest BCUT2D eigenvalue weighted by Crippen LogP contribution is -2.00. The zero-order chi connectivity index (χ0) is 40.0. The van der Waals surface area contributed by atoms with Gasteiger partial charge in [-0.2, -0.15) is 0 Å². The molecule has 4 nitrogen and oxygen atoms in total. The monoisotopic (exact) mass is 706 g/mol. The normalized spacial score (nSPS) is 12.3. The molecule has 4 heteroatoms. The van der Waals surface area contributed by atoms with Crippen molar-refractivity contribution in [3.05, 3.63) is 206 Å². The lowest BCUT2D eigenvalue weighted by atomic mass is 9.98. The molecule has 0 aliphatic rings. The second kappa shape index (κ2) is 13.8. The summed E-state index contributed by atoms with van der Waals surface area (Å²) in [6, 6.07) is 60.1. The van der Waals surface area contributed by atoms with E-state index in [0.717, 1.165) is 66.7 Å². The van der Waals surface area contributed by atoms with Crippen LogP contribution in [-0.4, -0.2) is 19.5 Å². The molecule has 0 saturated carbocycles. The fourth-order valence-electron chi connectivity index (χ4n) is 7.25. The van der Waals surface area contributed by atoms with Crippen LogP contribution in [0, 0.1) is 0 Å². The molecular formula is C51H34N4. The topological polar surface area (TPSA) is 43.6 Å². The van der Waals surface area contributed by atoms with Gasteiger partial charge in [-0.15, -0.1) is 0 Å². The van der Waals surface area contributed by atoms with Gasteiger partial charge in [0.05, 0.1) is 16.5 Å². The number of fused-ring (bicyclic) bond motifs is 3. The maximum Gasteiger partial charge on any atom is 0.164 e. The van der Waals surface area contributed by atoms with E-state index in [1.165, 1.54) is 0 Å². The highest BCUT2D eigenvalue weighted by molar-refractivity contribution is 6.10. The predicted molar refractivity (Wildman–Crippen MR) is 227 cm³/mol. The number of hydrogen-bond donors (Lipinski definition) is 0. The number of rotatable bonds is 7. The Hall–Kier alpha value is -7.43. The van der Waals surface area contributed by atoms with Crippen LogP contribution in [0.3, 0.4) is 0 Å². The maximum absolute atomic E-state index is 9.12. The molecule has 55 heavy (non-hydrogen) atoms. The summed E-state index contributed by atoms with van der Waals surface area (Å²) in [5.74, 6) is 1.77. The van der Waals surface area contributed by atoms with E-state index in [-0.39, 0.29) is 24.2 Å². The van der Waals surface area contributed by atoms with E-state index in [1.807, 2.05) is 126 Å². The Kier molecular flexibility index (Phi) is 7.08. The summed E-state index contributed by atoms with van der Waals surface area (Å²) in [6.07, 6.45) is 0. The molecule has 0 bridgehead atoms. The van der Waals surface area contributed by atoms with Gasteiger partial charge in [0.2, 0.25) is 0 Å². The van der Waals surface area contributed by atoms with E-state index >= 15 is 0 Å². The van der Waals surface area contributed by atoms with Gasteiger partial charge in [-0.05, 0) is 69.8 Å². The quantitative estimate of drug-likeness (QED) is 0.166. The predicted octanol–water partition coefficient (Wildman–Crippen LogP) is 13.0. The summed E-state index contributed by atoms with van der Waals surface area (Å²) in [5.41, 5.74) is 10.8. The van der Waals surface area contributed by atoms with Gasteiger partial charge in [-0.1, -0.05) is 170 Å². The number of para-hydroxylation sites is 1. The van der Waals surface area contributed by atoms with Crippen molar-refractivity contribution in [2.75, 3.05) is 0 Å². The van der Waals surface area contributed by atoms with Gasteiger partial charge in [-0.3, -0.25) is 0 Å².